The smallest absolute Gasteiger partial charge is 0.227 e. The molecule has 0 radical (unpaired) electrons. The van der Waals surface area contributed by atoms with Gasteiger partial charge in [-0.3, -0.25) is 0 Å². The van der Waals surface area contributed by atoms with Gasteiger partial charge in [0.1, 0.15) is 5.82 Å². The van der Waals surface area contributed by atoms with Gasteiger partial charge in [-0.2, -0.15) is 4.98 Å². The van der Waals surface area contributed by atoms with Crippen LogP contribution in [0.5, 0.6) is 0 Å². The van der Waals surface area contributed by atoms with Crippen molar-refractivity contribution in [1.82, 2.24) is 9.97 Å². The van der Waals surface area contributed by atoms with Gasteiger partial charge < -0.3 is 10.2 Å². The molecule has 1 aliphatic heterocycles. The van der Waals surface area contributed by atoms with Crippen molar-refractivity contribution in [3.05, 3.63) is 41.0 Å². The maximum Gasteiger partial charge on any atom is 0.227 e. The molecule has 5 heteroatoms. The summed E-state index contributed by atoms with van der Waals surface area (Å²) >= 11 is 6.21. The summed E-state index contributed by atoms with van der Waals surface area (Å²) in [5, 5.41) is 3.99. The Balaban J connectivity index is 1.84. The molecule has 0 unspecified atom stereocenters. The average Bonchev–Trinajstić information content (AvgIpc) is 2.78. The predicted octanol–water partition coefficient (Wildman–Crippen LogP) is 4.56. The molecule has 116 valence electrons. The largest absolute Gasteiger partial charge is 0.341 e. The molecule has 0 aliphatic carbocycles. The lowest BCUT2D eigenvalue weighted by molar-refractivity contribution is 0.726. The summed E-state index contributed by atoms with van der Waals surface area (Å²) in [6.07, 6.45) is 5.02. The number of aromatic nitrogens is 2. The monoisotopic (exact) mass is 316 g/mol. The Hall–Kier alpha value is -1.81. The van der Waals surface area contributed by atoms with Crippen LogP contribution in [0.1, 0.15) is 31.4 Å². The van der Waals surface area contributed by atoms with Crippen molar-refractivity contribution in [3.8, 4) is 0 Å². The molecule has 1 N–H and O–H groups in total. The molecule has 2 heterocycles. The molecular weight excluding hydrogens is 296 g/mol. The first kappa shape index (κ1) is 15.1. The first-order valence-electron chi connectivity index (χ1n) is 7.84. The van der Waals surface area contributed by atoms with Crippen LogP contribution in [0.4, 0.5) is 17.5 Å². The molecule has 1 aromatic carbocycles. The van der Waals surface area contributed by atoms with Crippen molar-refractivity contribution in [2.45, 2.75) is 32.6 Å². The van der Waals surface area contributed by atoms with Crippen molar-refractivity contribution >= 4 is 29.1 Å². The maximum atomic E-state index is 6.21. The quantitative estimate of drug-likeness (QED) is 0.901. The number of halogens is 1. The van der Waals surface area contributed by atoms with Gasteiger partial charge in [-0.1, -0.05) is 36.6 Å². The Kier molecular flexibility index (Phi) is 4.78. The van der Waals surface area contributed by atoms with Crippen molar-refractivity contribution in [1.29, 1.82) is 0 Å². The highest BCUT2D eigenvalue weighted by Crippen LogP contribution is 2.25. The van der Waals surface area contributed by atoms with Crippen LogP contribution in [0.25, 0.3) is 0 Å². The molecule has 0 saturated carbocycles. The number of hydrogen-bond donors (Lipinski definition) is 1. The second-order valence-electron chi connectivity index (χ2n) is 5.70. The molecule has 0 bridgehead atoms. The van der Waals surface area contributed by atoms with Crippen LogP contribution in [0.15, 0.2) is 30.3 Å². The Morgan fingerprint density at radius 3 is 2.50 bits per heavy atom. The molecule has 1 fully saturated rings. The zero-order valence-electron chi connectivity index (χ0n) is 12.8. The second-order valence-corrected chi connectivity index (χ2v) is 6.11. The van der Waals surface area contributed by atoms with Gasteiger partial charge in [-0.15, -0.1) is 0 Å². The molecule has 0 amide bonds. The van der Waals surface area contributed by atoms with E-state index in [9.17, 15) is 0 Å². The lowest BCUT2D eigenvalue weighted by atomic mass is 10.2. The highest BCUT2D eigenvalue weighted by Gasteiger charge is 2.14. The van der Waals surface area contributed by atoms with E-state index in [2.05, 4.69) is 20.2 Å². The lowest BCUT2D eigenvalue weighted by Crippen LogP contribution is -2.26. The van der Waals surface area contributed by atoms with E-state index in [0.29, 0.717) is 5.02 Å². The van der Waals surface area contributed by atoms with E-state index >= 15 is 0 Å². The Labute approximate surface area is 136 Å². The minimum atomic E-state index is 0.690. The van der Waals surface area contributed by atoms with E-state index in [-0.39, 0.29) is 0 Å². The van der Waals surface area contributed by atoms with E-state index in [4.69, 9.17) is 11.6 Å². The van der Waals surface area contributed by atoms with Gasteiger partial charge in [-0.05, 0) is 31.9 Å². The van der Waals surface area contributed by atoms with Crippen LogP contribution in [0.3, 0.4) is 0 Å². The van der Waals surface area contributed by atoms with Crippen LogP contribution in [-0.2, 0) is 0 Å². The lowest BCUT2D eigenvalue weighted by Gasteiger charge is -2.21. The maximum absolute atomic E-state index is 6.21. The number of nitrogens with zero attached hydrogens (tertiary/aromatic N) is 3. The molecule has 1 saturated heterocycles. The minimum Gasteiger partial charge on any atom is -0.341 e. The fraction of sp³-hybridized carbons (Fsp3) is 0.412. The summed E-state index contributed by atoms with van der Waals surface area (Å²) in [5.74, 6) is 1.61. The van der Waals surface area contributed by atoms with Crippen molar-refractivity contribution in [2.24, 2.45) is 0 Å². The van der Waals surface area contributed by atoms with Crippen LogP contribution >= 0.6 is 11.6 Å². The number of rotatable bonds is 3. The summed E-state index contributed by atoms with van der Waals surface area (Å²) in [6, 6.07) is 9.64. The van der Waals surface area contributed by atoms with Gasteiger partial charge in [0.15, 0.2) is 0 Å². The number of aryl methyl sites for hydroxylation is 1. The van der Waals surface area contributed by atoms with Crippen molar-refractivity contribution in [2.75, 3.05) is 23.3 Å². The molecule has 0 atom stereocenters. The van der Waals surface area contributed by atoms with Gasteiger partial charge in [0, 0.05) is 24.8 Å². The SMILES string of the molecule is Cc1cc(Nc2ccccc2Cl)nc(N2CCCCCC2)n1. The van der Waals surface area contributed by atoms with Crippen LogP contribution in [0.2, 0.25) is 5.02 Å². The molecule has 1 aromatic heterocycles. The van der Waals surface area contributed by atoms with E-state index in [1.807, 2.05) is 37.3 Å². The minimum absolute atomic E-state index is 0.690. The number of para-hydroxylation sites is 1. The summed E-state index contributed by atoms with van der Waals surface area (Å²) in [7, 11) is 0. The molecule has 22 heavy (non-hydrogen) atoms. The van der Waals surface area contributed by atoms with Gasteiger partial charge in [0.2, 0.25) is 5.95 Å². The van der Waals surface area contributed by atoms with E-state index in [1.165, 1.54) is 25.7 Å². The first-order valence-corrected chi connectivity index (χ1v) is 8.22. The number of benzene rings is 1. The summed E-state index contributed by atoms with van der Waals surface area (Å²) in [6.45, 7) is 4.07. The van der Waals surface area contributed by atoms with Crippen LogP contribution in [-0.4, -0.2) is 23.1 Å². The van der Waals surface area contributed by atoms with Gasteiger partial charge in [-0.25, -0.2) is 4.98 Å². The molecule has 3 rings (SSSR count). The predicted molar refractivity (Wildman–Crippen MR) is 92.2 cm³/mol. The fourth-order valence-electron chi connectivity index (χ4n) is 2.73. The van der Waals surface area contributed by atoms with Crippen molar-refractivity contribution in [3.63, 3.8) is 0 Å². The molecule has 4 nitrogen and oxygen atoms in total. The Bertz CT molecular complexity index is 636. The van der Waals surface area contributed by atoms with Gasteiger partial charge in [0.25, 0.3) is 0 Å². The van der Waals surface area contributed by atoms with Crippen molar-refractivity contribution < 1.29 is 0 Å². The Morgan fingerprint density at radius 1 is 1.05 bits per heavy atom. The van der Waals surface area contributed by atoms with Gasteiger partial charge >= 0.3 is 0 Å². The molecule has 1 aliphatic rings. The topological polar surface area (TPSA) is 41.1 Å². The highest BCUT2D eigenvalue weighted by molar-refractivity contribution is 6.33. The van der Waals surface area contributed by atoms with Gasteiger partial charge in [0.05, 0.1) is 10.7 Å². The zero-order valence-corrected chi connectivity index (χ0v) is 13.6. The summed E-state index contributed by atoms with van der Waals surface area (Å²) in [5.41, 5.74) is 1.83. The fourth-order valence-corrected chi connectivity index (χ4v) is 2.91. The highest BCUT2D eigenvalue weighted by atomic mass is 35.5. The van der Waals surface area contributed by atoms with E-state index < -0.39 is 0 Å². The Morgan fingerprint density at radius 2 is 1.77 bits per heavy atom. The van der Waals surface area contributed by atoms with Crippen LogP contribution < -0.4 is 10.2 Å². The molecule has 0 spiro atoms. The number of hydrogen-bond acceptors (Lipinski definition) is 4. The molecular formula is C17H21ClN4. The standard InChI is InChI=1S/C17H21ClN4/c1-13-12-16(20-15-9-5-4-8-14(15)18)21-17(19-13)22-10-6-2-3-7-11-22/h4-5,8-9,12H,2-3,6-7,10-11H2,1H3,(H,19,20,21). The average molecular weight is 317 g/mol. The summed E-state index contributed by atoms with van der Waals surface area (Å²) in [4.78, 5) is 11.6. The third-order valence-corrected chi connectivity index (χ3v) is 4.20. The van der Waals surface area contributed by atoms with Crippen LogP contribution in [0, 0.1) is 6.92 Å². The molecule has 2 aromatic rings. The first-order chi connectivity index (χ1) is 10.7. The second kappa shape index (κ2) is 6.97. The third-order valence-electron chi connectivity index (χ3n) is 3.87. The number of nitrogens with one attached hydrogen (secondary N) is 1. The zero-order chi connectivity index (χ0) is 15.4. The van der Waals surface area contributed by atoms with E-state index in [0.717, 1.165) is 36.2 Å². The van der Waals surface area contributed by atoms with E-state index in [1.54, 1.807) is 0 Å². The third kappa shape index (κ3) is 3.69. The normalized spacial score (nSPS) is 15.5. The number of anilines is 3. The summed E-state index contributed by atoms with van der Waals surface area (Å²) < 4.78 is 0.